The molecule has 3 heterocycles. The highest BCUT2D eigenvalue weighted by molar-refractivity contribution is 6.67. The number of ether oxygens (including phenoxy) is 1. The first kappa shape index (κ1) is 18.3. The lowest BCUT2D eigenvalue weighted by atomic mass is 10.2. The number of carbonyl (C=O) groups excluding carboxylic acids is 1. The van der Waals surface area contributed by atoms with Gasteiger partial charge in [-0.1, -0.05) is 12.1 Å². The van der Waals surface area contributed by atoms with Crippen molar-refractivity contribution in [3.63, 3.8) is 0 Å². The minimum atomic E-state index is -0.478. The van der Waals surface area contributed by atoms with E-state index >= 15 is 0 Å². The van der Waals surface area contributed by atoms with Gasteiger partial charge in [0.2, 0.25) is 0 Å². The average Bonchev–Trinajstić information content (AvgIpc) is 3.29. The molecule has 0 amide bonds. The number of imidazole rings is 2. The van der Waals surface area contributed by atoms with E-state index in [2.05, 4.69) is 14.5 Å². The van der Waals surface area contributed by atoms with E-state index in [0.29, 0.717) is 18.7 Å². The summed E-state index contributed by atoms with van der Waals surface area (Å²) in [6.07, 6.45) is 0. The minimum Gasteiger partial charge on any atom is -0.379 e. The maximum Gasteiger partial charge on any atom is 0.252 e. The van der Waals surface area contributed by atoms with Crippen molar-refractivity contribution < 1.29 is 9.53 Å². The highest BCUT2D eigenvalue weighted by Crippen LogP contribution is 2.22. The van der Waals surface area contributed by atoms with Crippen molar-refractivity contribution in [1.82, 2.24) is 24.4 Å². The fourth-order valence-corrected chi connectivity index (χ4v) is 3.91. The first-order valence-corrected chi connectivity index (χ1v) is 9.98. The van der Waals surface area contributed by atoms with Crippen LogP contribution in [0.3, 0.4) is 0 Å². The number of H-pyrrole nitrogens is 1. The van der Waals surface area contributed by atoms with E-state index < -0.39 is 5.24 Å². The molecular weight excluding hydrogens is 390 g/mol. The number of para-hydroxylation sites is 2. The molecule has 2 aromatic heterocycles. The van der Waals surface area contributed by atoms with Gasteiger partial charge in [-0.3, -0.25) is 9.69 Å². The van der Waals surface area contributed by atoms with Crippen molar-refractivity contribution in [3.8, 4) is 0 Å². The van der Waals surface area contributed by atoms with Crippen LogP contribution in [0.2, 0.25) is 0 Å². The van der Waals surface area contributed by atoms with Crippen molar-refractivity contribution >= 4 is 38.9 Å². The highest BCUT2D eigenvalue weighted by Gasteiger charge is 2.18. The van der Waals surface area contributed by atoms with Crippen molar-refractivity contribution in [2.75, 3.05) is 26.3 Å². The fourth-order valence-electron chi connectivity index (χ4n) is 3.79. The van der Waals surface area contributed by atoms with Crippen molar-refractivity contribution in [1.29, 1.82) is 0 Å². The van der Waals surface area contributed by atoms with E-state index in [9.17, 15) is 4.79 Å². The summed E-state index contributed by atoms with van der Waals surface area (Å²) in [7, 11) is 0. The number of hydrogen-bond acceptors (Lipinski definition) is 5. The topological polar surface area (TPSA) is 76.0 Å². The summed E-state index contributed by atoms with van der Waals surface area (Å²) in [4.78, 5) is 26.8. The van der Waals surface area contributed by atoms with Crippen LogP contribution in [0.15, 0.2) is 42.5 Å². The third-order valence-electron chi connectivity index (χ3n) is 5.27. The second kappa shape index (κ2) is 7.59. The smallest absolute Gasteiger partial charge is 0.252 e. The molecule has 2 aromatic carbocycles. The van der Waals surface area contributed by atoms with Crippen LogP contribution in [0.5, 0.6) is 0 Å². The summed E-state index contributed by atoms with van der Waals surface area (Å²) in [5.74, 6) is 1.80. The van der Waals surface area contributed by atoms with Gasteiger partial charge in [0.15, 0.2) is 0 Å². The molecule has 5 rings (SSSR count). The highest BCUT2D eigenvalue weighted by atomic mass is 35.5. The number of carbonyl (C=O) groups is 1. The Labute approximate surface area is 172 Å². The summed E-state index contributed by atoms with van der Waals surface area (Å²) in [6.45, 7) is 4.49. The Hall–Kier alpha value is -2.74. The predicted octanol–water partition coefficient (Wildman–Crippen LogP) is 3.17. The lowest BCUT2D eigenvalue weighted by Crippen LogP contribution is -2.36. The Kier molecular flexibility index (Phi) is 4.79. The second-order valence-corrected chi connectivity index (χ2v) is 7.52. The second-order valence-electron chi connectivity index (χ2n) is 7.18. The third kappa shape index (κ3) is 3.64. The number of halogens is 1. The van der Waals surface area contributed by atoms with Gasteiger partial charge in [0.25, 0.3) is 5.24 Å². The molecule has 1 aliphatic rings. The van der Waals surface area contributed by atoms with Gasteiger partial charge in [-0.2, -0.15) is 0 Å². The molecule has 0 atom stereocenters. The number of nitrogens with zero attached hydrogens (tertiary/aromatic N) is 4. The Balaban J connectivity index is 1.56. The first-order chi connectivity index (χ1) is 14.2. The third-order valence-corrected chi connectivity index (χ3v) is 5.49. The molecule has 1 N–H and O–H groups in total. The van der Waals surface area contributed by atoms with E-state index in [1.807, 2.05) is 30.3 Å². The Morgan fingerprint density at radius 3 is 2.69 bits per heavy atom. The van der Waals surface area contributed by atoms with Gasteiger partial charge in [-0.25, -0.2) is 9.97 Å². The molecule has 0 saturated carbocycles. The Morgan fingerprint density at radius 2 is 1.90 bits per heavy atom. The summed E-state index contributed by atoms with van der Waals surface area (Å²) < 4.78 is 7.62. The van der Waals surface area contributed by atoms with E-state index in [-0.39, 0.29) is 0 Å². The molecule has 0 spiro atoms. The molecule has 4 aromatic rings. The van der Waals surface area contributed by atoms with Gasteiger partial charge >= 0.3 is 0 Å². The molecule has 0 aliphatic carbocycles. The van der Waals surface area contributed by atoms with Crippen LogP contribution in [0.4, 0.5) is 0 Å². The molecule has 7 nitrogen and oxygen atoms in total. The van der Waals surface area contributed by atoms with Gasteiger partial charge in [0.05, 0.1) is 48.4 Å². The van der Waals surface area contributed by atoms with Crippen LogP contribution in [0.25, 0.3) is 22.1 Å². The van der Waals surface area contributed by atoms with Gasteiger partial charge in [0, 0.05) is 18.7 Å². The molecule has 1 saturated heterocycles. The summed E-state index contributed by atoms with van der Waals surface area (Å²) in [5.41, 5.74) is 4.12. The van der Waals surface area contributed by atoms with Crippen LogP contribution >= 0.6 is 11.6 Å². The summed E-state index contributed by atoms with van der Waals surface area (Å²) >= 11 is 5.67. The maximum absolute atomic E-state index is 11.6. The van der Waals surface area contributed by atoms with Crippen LogP contribution in [-0.4, -0.2) is 56.0 Å². The lowest BCUT2D eigenvalue weighted by molar-refractivity contribution is 0.0327. The zero-order valence-corrected chi connectivity index (χ0v) is 16.5. The zero-order chi connectivity index (χ0) is 19.8. The molecule has 148 valence electrons. The Bertz CT molecular complexity index is 1160. The molecular formula is C21H20ClN5O2. The van der Waals surface area contributed by atoms with E-state index in [0.717, 1.165) is 60.0 Å². The molecule has 8 heteroatoms. The summed E-state index contributed by atoms with van der Waals surface area (Å²) in [6, 6.07) is 13.4. The van der Waals surface area contributed by atoms with Crippen molar-refractivity contribution in [2.45, 2.75) is 13.1 Å². The first-order valence-electron chi connectivity index (χ1n) is 9.60. The lowest BCUT2D eigenvalue weighted by Gasteiger charge is -2.26. The van der Waals surface area contributed by atoms with E-state index in [1.54, 1.807) is 12.1 Å². The fraction of sp³-hybridized carbons (Fsp3) is 0.286. The number of nitrogens with one attached hydrogen (secondary N) is 1. The largest absolute Gasteiger partial charge is 0.379 e. The van der Waals surface area contributed by atoms with E-state index in [1.165, 1.54) is 0 Å². The normalized spacial score (nSPS) is 15.3. The monoisotopic (exact) mass is 409 g/mol. The number of hydrogen-bond donors (Lipinski definition) is 1. The quantitative estimate of drug-likeness (QED) is 0.512. The predicted molar refractivity (Wildman–Crippen MR) is 111 cm³/mol. The molecule has 1 aliphatic heterocycles. The number of aromatic amines is 1. The number of rotatable bonds is 5. The van der Waals surface area contributed by atoms with E-state index in [4.69, 9.17) is 26.3 Å². The minimum absolute atomic E-state index is 0.450. The standard InChI is InChI=1S/C21H20ClN5O2/c22-21(28)14-5-6-18-17(11-14)25-20(13-26-7-9-29-10-8-26)27(18)12-19-23-15-3-1-2-4-16(15)24-19/h1-6,11H,7-10,12-13H2,(H,23,24). The van der Waals surface area contributed by atoms with Gasteiger partial charge < -0.3 is 14.3 Å². The maximum atomic E-state index is 11.6. The van der Waals surface area contributed by atoms with Crippen LogP contribution in [0.1, 0.15) is 22.0 Å². The summed E-state index contributed by atoms with van der Waals surface area (Å²) in [5, 5.41) is -0.478. The van der Waals surface area contributed by atoms with Gasteiger partial charge in [-0.05, 0) is 41.9 Å². The average molecular weight is 410 g/mol. The molecule has 0 radical (unpaired) electrons. The van der Waals surface area contributed by atoms with Gasteiger partial charge in [0.1, 0.15) is 11.6 Å². The number of fused-ring (bicyclic) bond motifs is 2. The van der Waals surface area contributed by atoms with Gasteiger partial charge in [-0.15, -0.1) is 0 Å². The molecule has 29 heavy (non-hydrogen) atoms. The van der Waals surface area contributed by atoms with Crippen molar-refractivity contribution in [3.05, 3.63) is 59.7 Å². The number of aromatic nitrogens is 4. The van der Waals surface area contributed by atoms with Crippen LogP contribution < -0.4 is 0 Å². The molecule has 1 fully saturated rings. The number of benzene rings is 2. The van der Waals surface area contributed by atoms with Crippen molar-refractivity contribution in [2.24, 2.45) is 0 Å². The van der Waals surface area contributed by atoms with Crippen LogP contribution in [0, 0.1) is 0 Å². The van der Waals surface area contributed by atoms with Crippen LogP contribution in [-0.2, 0) is 17.8 Å². The Morgan fingerprint density at radius 1 is 1.07 bits per heavy atom. The zero-order valence-electron chi connectivity index (χ0n) is 15.8. The molecule has 0 bridgehead atoms. The SMILES string of the molecule is O=C(Cl)c1ccc2c(c1)nc(CN1CCOCC1)n2Cc1nc2ccccc2[nH]1. The number of morpholine rings is 1. The molecule has 0 unspecified atom stereocenters.